The molecule has 1 atom stereocenters. The van der Waals surface area contributed by atoms with E-state index in [-0.39, 0.29) is 29.9 Å². The highest BCUT2D eigenvalue weighted by Crippen LogP contribution is 2.21. The molecule has 0 unspecified atom stereocenters. The maximum Gasteiger partial charge on any atom is 0.243 e. The van der Waals surface area contributed by atoms with Crippen LogP contribution in [0.3, 0.4) is 0 Å². The monoisotopic (exact) mass is 464 g/mol. The summed E-state index contributed by atoms with van der Waals surface area (Å²) in [6, 6.07) is 24.8. The van der Waals surface area contributed by atoms with Crippen LogP contribution in [-0.2, 0) is 22.6 Å². The van der Waals surface area contributed by atoms with Crippen molar-refractivity contribution in [1.82, 2.24) is 10.2 Å². The van der Waals surface area contributed by atoms with Gasteiger partial charge in [-0.15, -0.1) is 11.8 Å². The molecule has 2 amide bonds. The number of nitrogens with zero attached hydrogens (tertiary/aromatic N) is 1. The number of halogens is 1. The Bertz CT molecular complexity index is 1010. The van der Waals surface area contributed by atoms with E-state index in [0.717, 1.165) is 22.4 Å². The first-order valence-corrected chi connectivity index (χ1v) is 12.1. The van der Waals surface area contributed by atoms with E-state index < -0.39 is 6.04 Å². The highest BCUT2D eigenvalue weighted by Gasteiger charge is 2.30. The van der Waals surface area contributed by atoms with Gasteiger partial charge >= 0.3 is 0 Å². The van der Waals surface area contributed by atoms with Crippen LogP contribution in [0.2, 0.25) is 0 Å². The van der Waals surface area contributed by atoms with Crippen LogP contribution in [0.15, 0.2) is 89.8 Å². The summed E-state index contributed by atoms with van der Waals surface area (Å²) in [5, 5.41) is 2.96. The van der Waals surface area contributed by atoms with Gasteiger partial charge in [0, 0.05) is 24.4 Å². The van der Waals surface area contributed by atoms with Crippen molar-refractivity contribution < 1.29 is 14.0 Å². The zero-order valence-electron chi connectivity index (χ0n) is 18.7. The number of nitrogens with one attached hydrogen (secondary N) is 1. The van der Waals surface area contributed by atoms with Crippen LogP contribution in [0.5, 0.6) is 0 Å². The van der Waals surface area contributed by atoms with Gasteiger partial charge in [0.2, 0.25) is 11.8 Å². The molecule has 172 valence electrons. The summed E-state index contributed by atoms with van der Waals surface area (Å²) < 4.78 is 13.5. The third-order valence-corrected chi connectivity index (χ3v) is 6.19. The molecule has 3 aromatic carbocycles. The Kier molecular flexibility index (Phi) is 9.51. The summed E-state index contributed by atoms with van der Waals surface area (Å²) in [6.45, 7) is 2.76. The van der Waals surface area contributed by atoms with Gasteiger partial charge in [0.15, 0.2) is 0 Å². The molecule has 0 radical (unpaired) electrons. The Morgan fingerprint density at radius 2 is 1.55 bits per heavy atom. The molecule has 0 aliphatic rings. The van der Waals surface area contributed by atoms with Gasteiger partial charge < -0.3 is 10.2 Å². The van der Waals surface area contributed by atoms with Gasteiger partial charge in [0.05, 0.1) is 5.75 Å². The normalized spacial score (nSPS) is 11.6. The van der Waals surface area contributed by atoms with Crippen LogP contribution < -0.4 is 5.32 Å². The van der Waals surface area contributed by atoms with Gasteiger partial charge in [0.1, 0.15) is 11.9 Å². The lowest BCUT2D eigenvalue weighted by molar-refractivity contribution is -0.139. The van der Waals surface area contributed by atoms with E-state index in [2.05, 4.69) is 5.32 Å². The molecule has 3 rings (SSSR count). The second-order valence-electron chi connectivity index (χ2n) is 7.75. The fraction of sp³-hybridized carbons (Fsp3) is 0.259. The van der Waals surface area contributed by atoms with E-state index in [1.165, 1.54) is 23.9 Å². The zero-order chi connectivity index (χ0) is 23.5. The number of benzene rings is 3. The summed E-state index contributed by atoms with van der Waals surface area (Å²) in [7, 11) is 0. The molecule has 0 saturated carbocycles. The average molecular weight is 465 g/mol. The lowest BCUT2D eigenvalue weighted by atomic mass is 10.0. The predicted octanol–water partition coefficient (Wildman–Crippen LogP) is 5.08. The van der Waals surface area contributed by atoms with E-state index >= 15 is 0 Å². The van der Waals surface area contributed by atoms with E-state index in [1.807, 2.05) is 67.6 Å². The van der Waals surface area contributed by atoms with E-state index in [9.17, 15) is 14.0 Å². The van der Waals surface area contributed by atoms with Gasteiger partial charge in [-0.2, -0.15) is 0 Å². The summed E-state index contributed by atoms with van der Waals surface area (Å²) in [5.74, 6) is -0.447. The number of thioether (sulfide) groups is 1. The summed E-state index contributed by atoms with van der Waals surface area (Å²) >= 11 is 1.44. The molecular formula is C27H29FN2O2S. The van der Waals surface area contributed by atoms with Gasteiger partial charge in [0.25, 0.3) is 0 Å². The van der Waals surface area contributed by atoms with E-state index in [0.29, 0.717) is 13.0 Å². The minimum absolute atomic E-state index is 0.138. The molecule has 0 aliphatic heterocycles. The molecule has 3 aromatic rings. The van der Waals surface area contributed by atoms with Crippen molar-refractivity contribution in [2.75, 3.05) is 12.3 Å². The number of carbonyl (C=O) groups is 2. The smallest absolute Gasteiger partial charge is 0.243 e. The van der Waals surface area contributed by atoms with Crippen LogP contribution in [0, 0.1) is 5.82 Å². The molecule has 0 bridgehead atoms. The van der Waals surface area contributed by atoms with Crippen molar-refractivity contribution in [2.24, 2.45) is 0 Å². The third-order valence-electron chi connectivity index (χ3n) is 5.19. The Labute approximate surface area is 199 Å². The first-order chi connectivity index (χ1) is 16.1. The number of rotatable bonds is 11. The summed E-state index contributed by atoms with van der Waals surface area (Å²) in [5.41, 5.74) is 1.75. The standard InChI is InChI=1S/C27H29FN2O2S/c1-2-17-29-27(32)25(18-21-9-5-3-6-10-21)30(19-22-13-15-23(28)16-14-22)26(31)20-33-24-11-7-4-8-12-24/h3-16,25H,2,17-20H2,1H3,(H,29,32)/t25-/m1/s1. The molecule has 0 spiro atoms. The first kappa shape index (κ1) is 24.5. The lowest BCUT2D eigenvalue weighted by Crippen LogP contribution is -2.51. The molecule has 4 nitrogen and oxygen atoms in total. The summed E-state index contributed by atoms with van der Waals surface area (Å²) in [6.07, 6.45) is 1.21. The van der Waals surface area contributed by atoms with Crippen molar-refractivity contribution >= 4 is 23.6 Å². The molecule has 0 saturated heterocycles. The van der Waals surface area contributed by atoms with Gasteiger partial charge in [-0.3, -0.25) is 9.59 Å². The molecule has 0 aliphatic carbocycles. The SMILES string of the molecule is CCCNC(=O)[C@@H](Cc1ccccc1)N(Cc1ccc(F)cc1)C(=O)CSc1ccccc1. The molecule has 1 N–H and O–H groups in total. The second kappa shape index (κ2) is 12.8. The minimum atomic E-state index is -0.673. The Hall–Kier alpha value is -3.12. The number of amides is 2. The van der Waals surface area contributed by atoms with Gasteiger partial charge in [-0.1, -0.05) is 67.6 Å². The van der Waals surface area contributed by atoms with Crippen molar-refractivity contribution in [3.8, 4) is 0 Å². The second-order valence-corrected chi connectivity index (χ2v) is 8.80. The lowest BCUT2D eigenvalue weighted by Gasteiger charge is -2.31. The Morgan fingerprint density at radius 1 is 0.909 bits per heavy atom. The molecule has 6 heteroatoms. The number of hydrogen-bond donors (Lipinski definition) is 1. The zero-order valence-corrected chi connectivity index (χ0v) is 19.6. The molecule has 0 aromatic heterocycles. The average Bonchev–Trinajstić information content (AvgIpc) is 2.85. The summed E-state index contributed by atoms with van der Waals surface area (Å²) in [4.78, 5) is 29.3. The first-order valence-electron chi connectivity index (χ1n) is 11.1. The predicted molar refractivity (Wildman–Crippen MR) is 131 cm³/mol. The van der Waals surface area contributed by atoms with Crippen LogP contribution in [0.4, 0.5) is 4.39 Å². The van der Waals surface area contributed by atoms with Crippen molar-refractivity contribution in [3.63, 3.8) is 0 Å². The topological polar surface area (TPSA) is 49.4 Å². The maximum absolute atomic E-state index is 13.5. The van der Waals surface area contributed by atoms with Crippen LogP contribution in [0.25, 0.3) is 0 Å². The fourth-order valence-electron chi connectivity index (χ4n) is 3.45. The van der Waals surface area contributed by atoms with E-state index in [4.69, 9.17) is 0 Å². The number of hydrogen-bond acceptors (Lipinski definition) is 3. The molecule has 0 fully saturated rings. The fourth-order valence-corrected chi connectivity index (χ4v) is 4.26. The van der Waals surface area contributed by atoms with Crippen LogP contribution >= 0.6 is 11.8 Å². The molecular weight excluding hydrogens is 435 g/mol. The highest BCUT2D eigenvalue weighted by molar-refractivity contribution is 8.00. The third kappa shape index (κ3) is 7.75. The van der Waals surface area contributed by atoms with Crippen LogP contribution in [-0.4, -0.2) is 35.1 Å². The van der Waals surface area contributed by atoms with Crippen molar-refractivity contribution in [3.05, 3.63) is 102 Å². The van der Waals surface area contributed by atoms with Crippen molar-refractivity contribution in [2.45, 2.75) is 37.2 Å². The maximum atomic E-state index is 13.5. The van der Waals surface area contributed by atoms with Crippen molar-refractivity contribution in [1.29, 1.82) is 0 Å². The van der Waals surface area contributed by atoms with Gasteiger partial charge in [-0.05, 0) is 41.8 Å². The molecule has 33 heavy (non-hydrogen) atoms. The quantitative estimate of drug-likeness (QED) is 0.403. The largest absolute Gasteiger partial charge is 0.354 e. The van der Waals surface area contributed by atoms with E-state index in [1.54, 1.807) is 17.0 Å². The Morgan fingerprint density at radius 3 is 2.18 bits per heavy atom. The Balaban J connectivity index is 1.87. The van der Waals surface area contributed by atoms with Gasteiger partial charge in [-0.25, -0.2) is 4.39 Å². The minimum Gasteiger partial charge on any atom is -0.354 e. The van der Waals surface area contributed by atoms with Crippen LogP contribution in [0.1, 0.15) is 24.5 Å². The molecule has 0 heterocycles. The highest BCUT2D eigenvalue weighted by atomic mass is 32.2. The number of carbonyl (C=O) groups excluding carboxylic acids is 2.